The van der Waals surface area contributed by atoms with Gasteiger partial charge in [-0.2, -0.15) is 13.2 Å². The predicted molar refractivity (Wildman–Crippen MR) is 133 cm³/mol. The third-order valence-corrected chi connectivity index (χ3v) is 7.67. The Hall–Kier alpha value is -2.95. The van der Waals surface area contributed by atoms with E-state index in [2.05, 4.69) is 32.4 Å². The number of carbonyl (C=O) groups is 2. The summed E-state index contributed by atoms with van der Waals surface area (Å²) in [6.45, 7) is 3.84. The third-order valence-electron chi connectivity index (χ3n) is 7.67. The summed E-state index contributed by atoms with van der Waals surface area (Å²) in [4.78, 5) is 34.7. The fourth-order valence-electron chi connectivity index (χ4n) is 5.62. The van der Waals surface area contributed by atoms with Crippen molar-refractivity contribution in [2.45, 2.75) is 63.7 Å². The molecule has 1 atom stereocenters. The number of methoxy groups -OCH3 is 1. The van der Waals surface area contributed by atoms with Crippen molar-refractivity contribution in [3.05, 3.63) is 30.1 Å². The lowest BCUT2D eigenvalue weighted by Gasteiger charge is -2.47. The number of hydrogen-bond acceptors (Lipinski definition) is 7. The Kier molecular flexibility index (Phi) is 8.51. The second-order valence-electron chi connectivity index (χ2n) is 10.1. The van der Waals surface area contributed by atoms with Gasteiger partial charge in [0.05, 0.1) is 24.7 Å². The molecule has 2 aliphatic rings. The number of alkyl carbamates (subject to hydrolysis) is 1. The Morgan fingerprint density at radius 1 is 1.16 bits per heavy atom. The molecule has 1 aromatic carbocycles. The minimum atomic E-state index is -4.47. The van der Waals surface area contributed by atoms with Crippen LogP contribution in [0, 0.1) is 11.8 Å². The number of alkyl halides is 3. The maximum absolute atomic E-state index is 13.1. The highest BCUT2D eigenvalue weighted by Gasteiger charge is 2.37. The van der Waals surface area contributed by atoms with E-state index in [-0.39, 0.29) is 41.6 Å². The summed E-state index contributed by atoms with van der Waals surface area (Å²) in [5.41, 5.74) is -0.397. The summed E-state index contributed by atoms with van der Waals surface area (Å²) in [5.74, 6) is 0.973. The van der Waals surface area contributed by atoms with Crippen LogP contribution in [-0.4, -0.2) is 65.6 Å². The van der Waals surface area contributed by atoms with Gasteiger partial charge in [-0.25, -0.2) is 14.8 Å². The van der Waals surface area contributed by atoms with Crippen molar-refractivity contribution < 1.29 is 27.5 Å². The topological polar surface area (TPSA) is 96.5 Å². The first-order chi connectivity index (χ1) is 17.7. The lowest BCUT2D eigenvalue weighted by molar-refractivity contribution is -0.137. The highest BCUT2D eigenvalue weighted by Crippen LogP contribution is 2.35. The minimum Gasteiger partial charge on any atom is -0.453 e. The van der Waals surface area contributed by atoms with Gasteiger partial charge < -0.3 is 15.4 Å². The number of likely N-dealkylation sites (tertiary alicyclic amines) is 1. The van der Waals surface area contributed by atoms with Gasteiger partial charge in [0, 0.05) is 37.0 Å². The molecule has 2 heterocycles. The van der Waals surface area contributed by atoms with E-state index in [1.54, 1.807) is 0 Å². The number of nitrogens with zero attached hydrogens (tertiary/aromatic N) is 3. The molecule has 0 bridgehead atoms. The summed E-state index contributed by atoms with van der Waals surface area (Å²) >= 11 is 0. The molecule has 1 saturated carbocycles. The van der Waals surface area contributed by atoms with E-state index in [1.165, 1.54) is 19.5 Å². The molecule has 0 radical (unpaired) electrons. The molecule has 1 unspecified atom stereocenters. The number of rotatable bonds is 9. The second kappa shape index (κ2) is 11.6. The van der Waals surface area contributed by atoms with Crippen LogP contribution >= 0.6 is 0 Å². The number of anilines is 1. The van der Waals surface area contributed by atoms with Crippen molar-refractivity contribution in [3.8, 4) is 0 Å². The van der Waals surface area contributed by atoms with Crippen LogP contribution in [0.15, 0.2) is 24.5 Å². The van der Waals surface area contributed by atoms with E-state index in [0.717, 1.165) is 57.3 Å². The molecule has 0 spiro atoms. The molecule has 8 nitrogen and oxygen atoms in total. The maximum Gasteiger partial charge on any atom is 0.416 e. The largest absolute Gasteiger partial charge is 0.453 e. The highest BCUT2D eigenvalue weighted by atomic mass is 19.4. The third kappa shape index (κ3) is 6.68. The first-order valence-electron chi connectivity index (χ1n) is 12.8. The molecule has 2 N–H and O–H groups in total. The van der Waals surface area contributed by atoms with E-state index < -0.39 is 11.7 Å². The Labute approximate surface area is 214 Å². The first kappa shape index (κ1) is 27.1. The van der Waals surface area contributed by atoms with Gasteiger partial charge in [-0.3, -0.25) is 9.69 Å². The summed E-state index contributed by atoms with van der Waals surface area (Å²) < 4.78 is 44.1. The molecule has 202 valence electrons. The van der Waals surface area contributed by atoms with Crippen molar-refractivity contribution in [2.24, 2.45) is 11.8 Å². The fourth-order valence-corrected chi connectivity index (χ4v) is 5.62. The van der Waals surface area contributed by atoms with Gasteiger partial charge in [-0.05, 0) is 62.1 Å². The van der Waals surface area contributed by atoms with Crippen molar-refractivity contribution in [2.75, 3.05) is 32.1 Å². The van der Waals surface area contributed by atoms with Crippen molar-refractivity contribution in [1.29, 1.82) is 0 Å². The number of ether oxygens (including phenoxy) is 1. The lowest BCUT2D eigenvalue weighted by atomic mass is 9.78. The van der Waals surface area contributed by atoms with E-state index in [1.807, 2.05) is 0 Å². The fraction of sp³-hybridized carbons (Fsp3) is 0.615. The molecule has 1 aromatic heterocycles. The van der Waals surface area contributed by atoms with Gasteiger partial charge in [0.15, 0.2) is 5.78 Å². The summed E-state index contributed by atoms with van der Waals surface area (Å²) in [5, 5.41) is 6.10. The number of fused-ring (bicyclic) bond motifs is 1. The van der Waals surface area contributed by atoms with Crippen LogP contribution in [0.3, 0.4) is 0 Å². The van der Waals surface area contributed by atoms with Crippen LogP contribution in [-0.2, 0) is 15.7 Å². The summed E-state index contributed by atoms with van der Waals surface area (Å²) in [6, 6.07) is 3.94. The monoisotopic (exact) mass is 521 g/mol. The zero-order valence-electron chi connectivity index (χ0n) is 21.2. The highest BCUT2D eigenvalue weighted by molar-refractivity contribution is 5.91. The van der Waals surface area contributed by atoms with Gasteiger partial charge in [0.1, 0.15) is 12.1 Å². The number of halogens is 3. The van der Waals surface area contributed by atoms with Gasteiger partial charge in [0.2, 0.25) is 0 Å². The van der Waals surface area contributed by atoms with Crippen LogP contribution in [0.4, 0.5) is 23.8 Å². The van der Waals surface area contributed by atoms with Crippen LogP contribution in [0.5, 0.6) is 0 Å². The van der Waals surface area contributed by atoms with Crippen molar-refractivity contribution in [3.63, 3.8) is 0 Å². The number of aromatic nitrogens is 2. The molecular weight excluding hydrogens is 487 g/mol. The van der Waals surface area contributed by atoms with Crippen LogP contribution in [0.25, 0.3) is 10.9 Å². The summed E-state index contributed by atoms with van der Waals surface area (Å²) in [6.07, 6.45) is 1.99. The Balaban J connectivity index is 1.21. The number of amides is 1. The molecule has 4 rings (SSSR count). The zero-order chi connectivity index (χ0) is 26.6. The Morgan fingerprint density at radius 2 is 1.89 bits per heavy atom. The lowest BCUT2D eigenvalue weighted by Crippen LogP contribution is -2.54. The van der Waals surface area contributed by atoms with Crippen LogP contribution in [0.2, 0.25) is 0 Å². The minimum absolute atomic E-state index is 0.00627. The van der Waals surface area contributed by atoms with Crippen LogP contribution < -0.4 is 10.6 Å². The number of benzene rings is 1. The van der Waals surface area contributed by atoms with Crippen molar-refractivity contribution in [1.82, 2.24) is 20.2 Å². The predicted octanol–water partition coefficient (Wildman–Crippen LogP) is 4.64. The zero-order valence-corrected chi connectivity index (χ0v) is 21.2. The molecule has 1 aliphatic carbocycles. The standard InChI is InChI=1S/C26H34F3N5O3/c1-3-22(33-25(36)37-2)17-4-7-19(8-5-17)34-13-16(14-34)10-20(35)12-30-24-21-11-18(26(27,28)29)6-9-23(21)31-15-32-24/h6,9,11,15-17,19,22H,3-5,7-8,10,12-14H2,1-2H3,(H,33,36)(H,30,31,32). The van der Waals surface area contributed by atoms with Crippen molar-refractivity contribution >= 4 is 28.6 Å². The number of nitrogens with one attached hydrogen (secondary N) is 2. The van der Waals surface area contributed by atoms with Gasteiger partial charge in [-0.15, -0.1) is 0 Å². The van der Waals surface area contributed by atoms with Gasteiger partial charge in [0.25, 0.3) is 0 Å². The molecule has 2 aromatic rings. The van der Waals surface area contributed by atoms with Gasteiger partial charge in [-0.1, -0.05) is 6.92 Å². The normalized spacial score (nSPS) is 21.8. The smallest absolute Gasteiger partial charge is 0.416 e. The Bertz CT molecular complexity index is 1100. The van der Waals surface area contributed by atoms with E-state index in [0.29, 0.717) is 23.9 Å². The molecule has 1 aliphatic heterocycles. The number of Topliss-reactive ketones (excluding diaryl/α,β-unsaturated/α-hetero) is 1. The number of carbonyl (C=O) groups excluding carboxylic acids is 2. The SMILES string of the molecule is CCC(NC(=O)OC)C1CCC(N2CC(CC(=O)CNc3ncnc4ccc(C(F)(F)F)cc34)C2)CC1. The van der Waals surface area contributed by atoms with Gasteiger partial charge >= 0.3 is 12.3 Å². The van der Waals surface area contributed by atoms with E-state index in [4.69, 9.17) is 4.74 Å². The molecule has 11 heteroatoms. The van der Waals surface area contributed by atoms with Crippen LogP contribution in [0.1, 0.15) is 51.0 Å². The molecule has 37 heavy (non-hydrogen) atoms. The number of ketones is 1. The quantitative estimate of drug-likeness (QED) is 0.496. The van der Waals surface area contributed by atoms with E-state index in [9.17, 15) is 22.8 Å². The molecule has 2 fully saturated rings. The second-order valence-corrected chi connectivity index (χ2v) is 10.1. The molecule has 1 saturated heterocycles. The molecule has 1 amide bonds. The maximum atomic E-state index is 13.1. The average molecular weight is 522 g/mol. The molecular formula is C26H34F3N5O3. The Morgan fingerprint density at radius 3 is 2.54 bits per heavy atom. The number of hydrogen-bond donors (Lipinski definition) is 2. The average Bonchev–Trinajstić information content (AvgIpc) is 2.87. The van der Waals surface area contributed by atoms with E-state index >= 15 is 0 Å². The summed E-state index contributed by atoms with van der Waals surface area (Å²) in [7, 11) is 1.38. The first-order valence-corrected chi connectivity index (χ1v) is 12.8.